The number of carbonyl (C=O) groups is 2. The van der Waals surface area contributed by atoms with E-state index in [9.17, 15) is 18.0 Å². The molecule has 0 aromatic heterocycles. The van der Waals surface area contributed by atoms with Gasteiger partial charge in [-0.25, -0.2) is 4.18 Å². The minimum Gasteiger partial charge on any atom is -0.454 e. The van der Waals surface area contributed by atoms with E-state index in [4.69, 9.17) is 18.2 Å². The first kappa shape index (κ1) is 23.1. The molecule has 0 bridgehead atoms. The SMILES string of the molecule is CC(C)(C)[Si](C)(C)O/N=C1\c2ccccc2C(=O)[C@@]23OC(=O)C[C@@H]2OC[C@]13OS(C)(=O)=O. The third-order valence-electron chi connectivity index (χ3n) is 6.78. The van der Waals surface area contributed by atoms with Gasteiger partial charge in [-0.15, -0.1) is 5.16 Å². The molecule has 0 radical (unpaired) electrons. The maximum atomic E-state index is 13.7. The second-order valence-corrected chi connectivity index (χ2v) is 16.3. The van der Waals surface area contributed by atoms with Crippen molar-refractivity contribution in [3.63, 3.8) is 0 Å². The molecule has 1 aliphatic carbocycles. The van der Waals surface area contributed by atoms with Crippen molar-refractivity contribution in [3.05, 3.63) is 35.4 Å². The Kier molecular flexibility index (Phi) is 5.02. The second-order valence-electron chi connectivity index (χ2n) is 9.99. The van der Waals surface area contributed by atoms with Crippen LogP contribution in [0.25, 0.3) is 0 Å². The number of rotatable bonds is 4. The Morgan fingerprint density at radius 1 is 1.16 bits per heavy atom. The molecule has 174 valence electrons. The molecule has 2 saturated heterocycles. The van der Waals surface area contributed by atoms with Gasteiger partial charge in [0.2, 0.25) is 17.0 Å². The van der Waals surface area contributed by atoms with Crippen LogP contribution in [0.4, 0.5) is 0 Å². The van der Waals surface area contributed by atoms with E-state index in [1.165, 1.54) is 0 Å². The van der Waals surface area contributed by atoms with Crippen molar-refractivity contribution < 1.29 is 36.2 Å². The molecule has 0 unspecified atom stereocenters. The fraction of sp³-hybridized carbons (Fsp3) is 0.571. The molecule has 0 amide bonds. The average Bonchev–Trinajstić information content (AvgIpc) is 3.14. The van der Waals surface area contributed by atoms with Crippen LogP contribution < -0.4 is 0 Å². The predicted octanol–water partition coefficient (Wildman–Crippen LogP) is 2.41. The molecule has 32 heavy (non-hydrogen) atoms. The zero-order valence-electron chi connectivity index (χ0n) is 18.9. The maximum Gasteiger partial charge on any atom is 0.309 e. The zero-order chi connectivity index (χ0) is 23.7. The molecule has 1 aromatic rings. The van der Waals surface area contributed by atoms with Gasteiger partial charge in [-0.2, -0.15) is 8.42 Å². The summed E-state index contributed by atoms with van der Waals surface area (Å²) in [4.78, 5) is 26.0. The van der Waals surface area contributed by atoms with Gasteiger partial charge in [-0.1, -0.05) is 45.0 Å². The van der Waals surface area contributed by atoms with Crippen LogP contribution in [0.1, 0.15) is 43.1 Å². The van der Waals surface area contributed by atoms with Crippen molar-refractivity contribution in [2.75, 3.05) is 12.9 Å². The number of ketones is 1. The number of Topliss-reactive ketones (excluding diaryl/α,β-unsaturated/α-hetero) is 1. The summed E-state index contributed by atoms with van der Waals surface area (Å²) in [5.74, 6) is -1.25. The molecule has 2 heterocycles. The van der Waals surface area contributed by atoms with E-state index < -0.39 is 47.5 Å². The van der Waals surface area contributed by atoms with E-state index in [0.717, 1.165) is 6.26 Å². The fourth-order valence-corrected chi connectivity index (χ4v) is 5.52. The number of esters is 1. The number of benzene rings is 1. The lowest BCUT2D eigenvalue weighted by molar-refractivity contribution is -0.153. The molecule has 0 N–H and O–H groups in total. The van der Waals surface area contributed by atoms with Crippen LogP contribution >= 0.6 is 0 Å². The minimum absolute atomic E-state index is 0.0696. The molecular weight excluding hydrogens is 454 g/mol. The molecule has 4 rings (SSSR count). The van der Waals surface area contributed by atoms with E-state index in [-0.39, 0.29) is 29.3 Å². The average molecular weight is 482 g/mol. The fourth-order valence-electron chi connectivity index (χ4n) is 4.15. The Hall–Kier alpha value is -2.08. The van der Waals surface area contributed by atoms with Gasteiger partial charge < -0.3 is 14.0 Å². The molecular formula is C21H27NO8SSi. The summed E-state index contributed by atoms with van der Waals surface area (Å²) < 4.78 is 47.9. The van der Waals surface area contributed by atoms with E-state index in [0.29, 0.717) is 5.56 Å². The molecule has 3 atom stereocenters. The first-order valence-corrected chi connectivity index (χ1v) is 15.0. The van der Waals surface area contributed by atoms with Crippen LogP contribution in [0, 0.1) is 0 Å². The van der Waals surface area contributed by atoms with Crippen molar-refractivity contribution in [3.8, 4) is 0 Å². The number of carbonyl (C=O) groups excluding carboxylic acids is 2. The quantitative estimate of drug-likeness (QED) is 0.278. The summed E-state index contributed by atoms with van der Waals surface area (Å²) in [6, 6.07) is 6.60. The van der Waals surface area contributed by atoms with Crippen LogP contribution in [0.3, 0.4) is 0 Å². The van der Waals surface area contributed by atoms with Crippen LogP contribution in [0.15, 0.2) is 29.4 Å². The Morgan fingerprint density at radius 3 is 2.38 bits per heavy atom. The lowest BCUT2D eigenvalue weighted by Gasteiger charge is -2.44. The van der Waals surface area contributed by atoms with E-state index in [2.05, 4.69) is 5.16 Å². The van der Waals surface area contributed by atoms with Gasteiger partial charge in [0.15, 0.2) is 0 Å². The number of hydrogen-bond donors (Lipinski definition) is 0. The monoisotopic (exact) mass is 481 g/mol. The van der Waals surface area contributed by atoms with Crippen molar-refractivity contribution in [1.29, 1.82) is 0 Å². The normalized spacial score (nSPS) is 31.2. The smallest absolute Gasteiger partial charge is 0.309 e. The first-order valence-electron chi connectivity index (χ1n) is 10.3. The Balaban J connectivity index is 2.01. The van der Waals surface area contributed by atoms with Crippen LogP contribution in [-0.4, -0.2) is 64.4 Å². The van der Waals surface area contributed by atoms with Gasteiger partial charge >= 0.3 is 5.97 Å². The third-order valence-corrected chi connectivity index (χ3v) is 11.5. The highest BCUT2D eigenvalue weighted by Crippen LogP contribution is 2.54. The molecule has 3 aliphatic rings. The van der Waals surface area contributed by atoms with Gasteiger partial charge in [-0.05, 0) is 18.1 Å². The zero-order valence-corrected chi connectivity index (χ0v) is 20.7. The van der Waals surface area contributed by atoms with Crippen LogP contribution in [-0.2, 0) is 33.1 Å². The third kappa shape index (κ3) is 3.17. The Bertz CT molecular complexity index is 1140. The second kappa shape index (κ2) is 6.96. The summed E-state index contributed by atoms with van der Waals surface area (Å²) in [7, 11) is -6.58. The molecule has 2 aliphatic heterocycles. The summed E-state index contributed by atoms with van der Waals surface area (Å²) in [5.41, 5.74) is -3.33. The lowest BCUT2D eigenvalue weighted by atomic mass is 9.66. The highest BCUT2D eigenvalue weighted by atomic mass is 32.2. The van der Waals surface area contributed by atoms with Crippen molar-refractivity contribution >= 4 is 35.9 Å². The molecule has 1 aromatic carbocycles. The first-order chi connectivity index (χ1) is 14.6. The van der Waals surface area contributed by atoms with Crippen molar-refractivity contribution in [2.24, 2.45) is 5.16 Å². The number of nitrogens with zero attached hydrogens (tertiary/aromatic N) is 1. The van der Waals surface area contributed by atoms with Gasteiger partial charge in [0.25, 0.3) is 18.4 Å². The molecule has 9 nitrogen and oxygen atoms in total. The van der Waals surface area contributed by atoms with E-state index >= 15 is 0 Å². The molecule has 1 spiro atoms. The van der Waals surface area contributed by atoms with Crippen molar-refractivity contribution in [2.45, 2.75) is 62.6 Å². The Labute approximate surface area is 188 Å². The van der Waals surface area contributed by atoms with Crippen LogP contribution in [0.2, 0.25) is 18.1 Å². The summed E-state index contributed by atoms with van der Waals surface area (Å²) >= 11 is 0. The molecule has 11 heteroatoms. The van der Waals surface area contributed by atoms with E-state index in [1.807, 2.05) is 33.9 Å². The minimum atomic E-state index is -4.14. The van der Waals surface area contributed by atoms with E-state index in [1.54, 1.807) is 24.3 Å². The topological polar surface area (TPSA) is 118 Å². The van der Waals surface area contributed by atoms with Crippen LogP contribution in [0.5, 0.6) is 0 Å². The van der Waals surface area contributed by atoms with Crippen molar-refractivity contribution in [1.82, 2.24) is 0 Å². The maximum absolute atomic E-state index is 13.7. The number of oxime groups is 1. The highest BCUT2D eigenvalue weighted by molar-refractivity contribution is 7.86. The number of ether oxygens (including phenoxy) is 2. The molecule has 0 saturated carbocycles. The largest absolute Gasteiger partial charge is 0.454 e. The van der Waals surface area contributed by atoms with Gasteiger partial charge in [0, 0.05) is 11.1 Å². The number of fused-ring (bicyclic) bond motifs is 1. The molecule has 2 fully saturated rings. The summed E-state index contributed by atoms with van der Waals surface area (Å²) in [5, 5.41) is 4.25. The lowest BCUT2D eigenvalue weighted by Crippen LogP contribution is -2.69. The summed E-state index contributed by atoms with van der Waals surface area (Å²) in [6.07, 6.45) is -0.327. The van der Waals surface area contributed by atoms with Gasteiger partial charge in [0.1, 0.15) is 11.8 Å². The standard InChI is InChI=1S/C21H27NO8SSi/c1-19(2,3)32(5,6)30-22-17-13-9-7-8-10-14(13)18(24)21-15(11-16(23)28-21)27-12-20(17,21)29-31(4,25)26/h7-10,15H,11-12H2,1-6H3/b22-17+/t15-,20-,21-/m0/s1. The highest BCUT2D eigenvalue weighted by Gasteiger charge is 2.78. The van der Waals surface area contributed by atoms with Gasteiger partial charge in [-0.3, -0.25) is 9.59 Å². The summed E-state index contributed by atoms with van der Waals surface area (Å²) in [6.45, 7) is 9.75. The Morgan fingerprint density at radius 2 is 1.78 bits per heavy atom. The predicted molar refractivity (Wildman–Crippen MR) is 117 cm³/mol. The van der Waals surface area contributed by atoms with Gasteiger partial charge in [0.05, 0.1) is 19.3 Å². The number of hydrogen-bond acceptors (Lipinski definition) is 9.